The van der Waals surface area contributed by atoms with Crippen molar-refractivity contribution in [1.29, 1.82) is 0 Å². The quantitative estimate of drug-likeness (QED) is 0.906. The Labute approximate surface area is 120 Å². The summed E-state index contributed by atoms with van der Waals surface area (Å²) >= 11 is 0. The molecule has 0 atom stereocenters. The van der Waals surface area contributed by atoms with Crippen molar-refractivity contribution in [2.75, 3.05) is 14.2 Å². The lowest BCUT2D eigenvalue weighted by Crippen LogP contribution is -2.01. The number of aryl methyl sites for hydroxylation is 1. The van der Waals surface area contributed by atoms with Crippen LogP contribution >= 0.6 is 0 Å². The van der Waals surface area contributed by atoms with Crippen molar-refractivity contribution in [3.8, 4) is 22.6 Å². The van der Waals surface area contributed by atoms with Gasteiger partial charge in [-0.15, -0.1) is 0 Å². The van der Waals surface area contributed by atoms with Gasteiger partial charge in [-0.2, -0.15) is 0 Å². The standard InChI is InChI=1S/C17H21NO2/c1-4-12-5-7-13(8-6-12)15-10-17(20-3)16(19-2)9-14(15)11-18/h5-10H,4,11,18H2,1-3H3. The Balaban J connectivity index is 2.53. The van der Waals surface area contributed by atoms with Gasteiger partial charge in [0, 0.05) is 6.54 Å². The number of hydrogen-bond acceptors (Lipinski definition) is 3. The smallest absolute Gasteiger partial charge is 0.161 e. The van der Waals surface area contributed by atoms with Crippen molar-refractivity contribution < 1.29 is 9.47 Å². The normalized spacial score (nSPS) is 10.4. The monoisotopic (exact) mass is 271 g/mol. The largest absolute Gasteiger partial charge is 0.493 e. The van der Waals surface area contributed by atoms with E-state index in [1.54, 1.807) is 14.2 Å². The molecule has 20 heavy (non-hydrogen) atoms. The van der Waals surface area contributed by atoms with E-state index in [-0.39, 0.29) is 0 Å². The van der Waals surface area contributed by atoms with Crippen molar-refractivity contribution in [3.05, 3.63) is 47.5 Å². The van der Waals surface area contributed by atoms with E-state index in [2.05, 4.69) is 31.2 Å². The first-order valence-electron chi connectivity index (χ1n) is 6.77. The van der Waals surface area contributed by atoms with Crippen LogP contribution in [0.15, 0.2) is 36.4 Å². The average molecular weight is 271 g/mol. The molecule has 0 aromatic heterocycles. The molecule has 0 unspecified atom stereocenters. The summed E-state index contributed by atoms with van der Waals surface area (Å²) in [5.41, 5.74) is 10.5. The van der Waals surface area contributed by atoms with Crippen molar-refractivity contribution in [2.24, 2.45) is 5.73 Å². The minimum Gasteiger partial charge on any atom is -0.493 e. The van der Waals surface area contributed by atoms with Gasteiger partial charge in [0.2, 0.25) is 0 Å². The molecule has 2 rings (SSSR count). The van der Waals surface area contributed by atoms with Crippen LogP contribution < -0.4 is 15.2 Å². The minimum atomic E-state index is 0.464. The van der Waals surface area contributed by atoms with Gasteiger partial charge >= 0.3 is 0 Å². The third-order valence-corrected chi connectivity index (χ3v) is 3.50. The molecule has 0 spiro atoms. The average Bonchev–Trinajstić information content (AvgIpc) is 2.53. The second-order valence-corrected chi connectivity index (χ2v) is 4.62. The molecule has 0 saturated carbocycles. The van der Waals surface area contributed by atoms with Crippen LogP contribution in [0.3, 0.4) is 0 Å². The number of benzene rings is 2. The Morgan fingerprint density at radius 2 is 1.55 bits per heavy atom. The summed E-state index contributed by atoms with van der Waals surface area (Å²) in [4.78, 5) is 0. The zero-order valence-electron chi connectivity index (χ0n) is 12.3. The van der Waals surface area contributed by atoms with E-state index in [0.717, 1.165) is 28.9 Å². The molecule has 0 heterocycles. The molecule has 3 nitrogen and oxygen atoms in total. The summed E-state index contributed by atoms with van der Waals surface area (Å²) in [7, 11) is 3.28. The molecule has 0 aliphatic heterocycles. The fourth-order valence-electron chi connectivity index (χ4n) is 2.28. The van der Waals surface area contributed by atoms with Gasteiger partial charge in [-0.3, -0.25) is 0 Å². The Bertz CT molecular complexity index is 576. The van der Waals surface area contributed by atoms with Gasteiger partial charge in [0.25, 0.3) is 0 Å². The Morgan fingerprint density at radius 3 is 2.05 bits per heavy atom. The highest BCUT2D eigenvalue weighted by atomic mass is 16.5. The number of ether oxygens (including phenoxy) is 2. The maximum absolute atomic E-state index is 5.86. The second-order valence-electron chi connectivity index (χ2n) is 4.62. The van der Waals surface area contributed by atoms with Crippen LogP contribution in [0.25, 0.3) is 11.1 Å². The number of nitrogens with two attached hydrogens (primary N) is 1. The molecule has 2 aromatic rings. The molecule has 3 heteroatoms. The van der Waals surface area contributed by atoms with Gasteiger partial charge in [0.15, 0.2) is 11.5 Å². The Kier molecular flexibility index (Phi) is 4.64. The lowest BCUT2D eigenvalue weighted by Gasteiger charge is -2.14. The lowest BCUT2D eigenvalue weighted by molar-refractivity contribution is 0.354. The Morgan fingerprint density at radius 1 is 0.950 bits per heavy atom. The highest BCUT2D eigenvalue weighted by Gasteiger charge is 2.11. The number of hydrogen-bond donors (Lipinski definition) is 1. The summed E-state index contributed by atoms with van der Waals surface area (Å²) in [5.74, 6) is 1.43. The van der Waals surface area contributed by atoms with Crippen molar-refractivity contribution in [2.45, 2.75) is 19.9 Å². The van der Waals surface area contributed by atoms with Gasteiger partial charge in [0.1, 0.15) is 0 Å². The van der Waals surface area contributed by atoms with E-state index in [1.165, 1.54) is 5.56 Å². The van der Waals surface area contributed by atoms with Crippen LogP contribution in [0, 0.1) is 0 Å². The van der Waals surface area contributed by atoms with Gasteiger partial charge in [-0.05, 0) is 40.8 Å². The molecule has 2 N–H and O–H groups in total. The first kappa shape index (κ1) is 14.4. The third-order valence-electron chi connectivity index (χ3n) is 3.50. The third kappa shape index (κ3) is 2.78. The lowest BCUT2D eigenvalue weighted by atomic mass is 9.97. The highest BCUT2D eigenvalue weighted by molar-refractivity contribution is 5.71. The van der Waals surface area contributed by atoms with E-state index in [9.17, 15) is 0 Å². The summed E-state index contributed by atoms with van der Waals surface area (Å²) in [5, 5.41) is 0. The van der Waals surface area contributed by atoms with Gasteiger partial charge in [0.05, 0.1) is 14.2 Å². The molecule has 0 saturated heterocycles. The van der Waals surface area contributed by atoms with E-state index < -0.39 is 0 Å². The summed E-state index contributed by atoms with van der Waals surface area (Å²) in [6, 6.07) is 12.5. The molecule has 0 aliphatic carbocycles. The summed E-state index contributed by atoms with van der Waals surface area (Å²) < 4.78 is 10.7. The maximum atomic E-state index is 5.86. The predicted octanol–water partition coefficient (Wildman–Crippen LogP) is 3.39. The molecule has 2 aromatic carbocycles. The second kappa shape index (κ2) is 6.44. The van der Waals surface area contributed by atoms with Gasteiger partial charge in [-0.1, -0.05) is 31.2 Å². The van der Waals surface area contributed by atoms with Crippen LogP contribution in [-0.2, 0) is 13.0 Å². The van der Waals surface area contributed by atoms with Crippen LogP contribution in [-0.4, -0.2) is 14.2 Å². The molecule has 0 radical (unpaired) electrons. The molecule has 0 fully saturated rings. The van der Waals surface area contributed by atoms with Crippen molar-refractivity contribution >= 4 is 0 Å². The maximum Gasteiger partial charge on any atom is 0.161 e. The number of methoxy groups -OCH3 is 2. The fraction of sp³-hybridized carbons (Fsp3) is 0.294. The molecular weight excluding hydrogens is 250 g/mol. The first-order chi connectivity index (χ1) is 9.73. The van der Waals surface area contributed by atoms with Crippen LogP contribution in [0.4, 0.5) is 0 Å². The van der Waals surface area contributed by atoms with E-state index in [0.29, 0.717) is 12.3 Å². The molecule has 0 amide bonds. The van der Waals surface area contributed by atoms with Crippen LogP contribution in [0.1, 0.15) is 18.1 Å². The van der Waals surface area contributed by atoms with Gasteiger partial charge in [-0.25, -0.2) is 0 Å². The number of rotatable bonds is 5. The Hall–Kier alpha value is -2.00. The fourth-order valence-corrected chi connectivity index (χ4v) is 2.28. The molecule has 0 aliphatic rings. The van der Waals surface area contributed by atoms with E-state index in [4.69, 9.17) is 15.2 Å². The molecule has 0 bridgehead atoms. The van der Waals surface area contributed by atoms with Crippen LogP contribution in [0.5, 0.6) is 11.5 Å². The molecule has 106 valence electrons. The SMILES string of the molecule is CCc1ccc(-c2cc(OC)c(OC)cc2CN)cc1. The van der Waals surface area contributed by atoms with Crippen LogP contribution in [0.2, 0.25) is 0 Å². The van der Waals surface area contributed by atoms with Crippen molar-refractivity contribution in [3.63, 3.8) is 0 Å². The highest BCUT2D eigenvalue weighted by Crippen LogP contribution is 2.35. The zero-order valence-corrected chi connectivity index (χ0v) is 12.3. The predicted molar refractivity (Wildman–Crippen MR) is 82.3 cm³/mol. The van der Waals surface area contributed by atoms with Gasteiger partial charge < -0.3 is 15.2 Å². The first-order valence-corrected chi connectivity index (χ1v) is 6.77. The molecular formula is C17H21NO2. The minimum absolute atomic E-state index is 0.464. The summed E-state index contributed by atoms with van der Waals surface area (Å²) in [6.07, 6.45) is 1.04. The summed E-state index contributed by atoms with van der Waals surface area (Å²) in [6.45, 7) is 2.61. The topological polar surface area (TPSA) is 44.5 Å². The zero-order chi connectivity index (χ0) is 14.5. The van der Waals surface area contributed by atoms with E-state index >= 15 is 0 Å². The van der Waals surface area contributed by atoms with Crippen molar-refractivity contribution in [1.82, 2.24) is 0 Å². The van der Waals surface area contributed by atoms with E-state index in [1.807, 2.05) is 12.1 Å².